The van der Waals surface area contributed by atoms with Crippen LogP contribution in [0.4, 0.5) is 13.2 Å². The summed E-state index contributed by atoms with van der Waals surface area (Å²) in [6, 6.07) is 21.1. The summed E-state index contributed by atoms with van der Waals surface area (Å²) in [5.74, 6) is 0.0921. The summed E-state index contributed by atoms with van der Waals surface area (Å²) < 4.78 is 46.7. The van der Waals surface area contributed by atoms with Crippen molar-refractivity contribution >= 4 is 37.2 Å². The van der Waals surface area contributed by atoms with Crippen molar-refractivity contribution in [1.82, 2.24) is 20.2 Å². The normalized spacial score (nSPS) is 14.2. The molecule has 5 rings (SSSR count). The molecule has 1 aliphatic heterocycles. The molecule has 0 aliphatic carbocycles. The standard InChI is InChI=1S/C31H31F3N4O.3ClH/c1-22-18-29(37-30(36-22)25-6-12-28(34)13-7-25)39-17-16-38-15-14-35-21-31(38,19-23-2-8-26(32)9-3-23)20-24-4-10-27(33)11-5-24;;;/h2-13,18,35H,14-17,19-21H2,1H3;3*1H. The first-order valence-electron chi connectivity index (χ1n) is 13.1. The number of benzene rings is 3. The highest BCUT2D eigenvalue weighted by Crippen LogP contribution is 2.28. The summed E-state index contributed by atoms with van der Waals surface area (Å²) in [6.45, 7) is 5.26. The number of piperazine rings is 1. The van der Waals surface area contributed by atoms with Gasteiger partial charge in [-0.15, -0.1) is 37.2 Å². The number of hydrogen-bond acceptors (Lipinski definition) is 5. The van der Waals surface area contributed by atoms with E-state index in [1.807, 2.05) is 31.2 Å². The lowest BCUT2D eigenvalue weighted by Crippen LogP contribution is -2.64. The van der Waals surface area contributed by atoms with E-state index >= 15 is 0 Å². The zero-order chi connectivity index (χ0) is 27.2. The van der Waals surface area contributed by atoms with E-state index < -0.39 is 0 Å². The number of ether oxygens (including phenoxy) is 1. The third-order valence-electron chi connectivity index (χ3n) is 7.12. The van der Waals surface area contributed by atoms with E-state index in [9.17, 15) is 13.2 Å². The van der Waals surface area contributed by atoms with Crippen LogP contribution in [0.1, 0.15) is 16.8 Å². The molecule has 0 unspecified atom stereocenters. The van der Waals surface area contributed by atoms with Crippen molar-refractivity contribution in [3.63, 3.8) is 0 Å². The van der Waals surface area contributed by atoms with Crippen LogP contribution in [0.5, 0.6) is 5.88 Å². The molecule has 1 aromatic heterocycles. The summed E-state index contributed by atoms with van der Waals surface area (Å²) in [5, 5.41) is 3.54. The second-order valence-corrected chi connectivity index (χ2v) is 10.0. The number of nitrogens with one attached hydrogen (secondary N) is 1. The van der Waals surface area contributed by atoms with E-state index in [2.05, 4.69) is 20.2 Å². The van der Waals surface area contributed by atoms with E-state index in [-0.39, 0.29) is 60.2 Å². The van der Waals surface area contributed by atoms with Crippen LogP contribution in [0.2, 0.25) is 0 Å². The van der Waals surface area contributed by atoms with E-state index in [1.165, 1.54) is 36.4 Å². The van der Waals surface area contributed by atoms with E-state index in [0.29, 0.717) is 43.3 Å². The topological polar surface area (TPSA) is 50.3 Å². The highest BCUT2D eigenvalue weighted by Gasteiger charge is 2.39. The predicted octanol–water partition coefficient (Wildman–Crippen LogP) is 6.64. The smallest absolute Gasteiger partial charge is 0.217 e. The number of halogens is 6. The average molecular weight is 642 g/mol. The van der Waals surface area contributed by atoms with Crippen LogP contribution in [-0.4, -0.2) is 53.2 Å². The fraction of sp³-hybridized carbons (Fsp3) is 0.290. The maximum atomic E-state index is 13.6. The molecule has 1 fully saturated rings. The van der Waals surface area contributed by atoms with Gasteiger partial charge in [-0.1, -0.05) is 24.3 Å². The van der Waals surface area contributed by atoms with Gasteiger partial charge in [-0.05, 0) is 79.4 Å². The van der Waals surface area contributed by atoms with E-state index in [1.54, 1.807) is 18.2 Å². The van der Waals surface area contributed by atoms with Crippen molar-refractivity contribution in [2.75, 3.05) is 32.8 Å². The Kier molecular flexibility index (Phi) is 13.5. The van der Waals surface area contributed by atoms with Gasteiger partial charge in [-0.3, -0.25) is 4.90 Å². The second kappa shape index (κ2) is 16.1. The van der Waals surface area contributed by atoms with Crippen molar-refractivity contribution in [3.8, 4) is 17.3 Å². The summed E-state index contributed by atoms with van der Waals surface area (Å²) in [6.07, 6.45) is 1.39. The van der Waals surface area contributed by atoms with Crippen LogP contribution < -0.4 is 10.1 Å². The molecule has 1 aliphatic rings. The summed E-state index contributed by atoms with van der Waals surface area (Å²) >= 11 is 0. The van der Waals surface area contributed by atoms with Gasteiger partial charge >= 0.3 is 0 Å². The fourth-order valence-electron chi connectivity index (χ4n) is 5.21. The Morgan fingerprint density at radius 1 is 0.786 bits per heavy atom. The molecule has 1 N–H and O–H groups in total. The monoisotopic (exact) mass is 640 g/mol. The molecule has 42 heavy (non-hydrogen) atoms. The largest absolute Gasteiger partial charge is 0.476 e. The first-order chi connectivity index (χ1) is 18.9. The Labute approximate surface area is 263 Å². The van der Waals surface area contributed by atoms with Crippen molar-refractivity contribution in [2.24, 2.45) is 0 Å². The molecule has 0 bridgehead atoms. The van der Waals surface area contributed by atoms with Crippen LogP contribution >= 0.6 is 37.2 Å². The molecule has 0 spiro atoms. The maximum Gasteiger partial charge on any atom is 0.217 e. The maximum absolute atomic E-state index is 13.6. The van der Waals surface area contributed by atoms with Crippen LogP contribution in [0.15, 0.2) is 78.9 Å². The summed E-state index contributed by atoms with van der Waals surface area (Å²) in [4.78, 5) is 11.4. The molecule has 0 amide bonds. The molecule has 0 saturated carbocycles. The summed E-state index contributed by atoms with van der Waals surface area (Å²) in [7, 11) is 0. The lowest BCUT2D eigenvalue weighted by atomic mass is 9.81. The zero-order valence-electron chi connectivity index (χ0n) is 23.1. The lowest BCUT2D eigenvalue weighted by Gasteiger charge is -2.48. The first kappa shape index (κ1) is 35.3. The van der Waals surface area contributed by atoms with Crippen LogP contribution in [0.3, 0.4) is 0 Å². The van der Waals surface area contributed by atoms with Gasteiger partial charge in [-0.2, -0.15) is 4.98 Å². The highest BCUT2D eigenvalue weighted by molar-refractivity contribution is 5.86. The third kappa shape index (κ3) is 9.06. The van der Waals surface area contributed by atoms with Gasteiger partial charge in [0.25, 0.3) is 0 Å². The number of hydrogen-bond donors (Lipinski definition) is 1. The minimum absolute atomic E-state index is 0. The first-order valence-corrected chi connectivity index (χ1v) is 13.1. The van der Waals surface area contributed by atoms with E-state index in [0.717, 1.165) is 36.5 Å². The molecular formula is C31H34Cl3F3N4O. The molecule has 3 aromatic carbocycles. The molecular weight excluding hydrogens is 608 g/mol. The quantitative estimate of drug-likeness (QED) is 0.222. The lowest BCUT2D eigenvalue weighted by molar-refractivity contribution is 0.0458. The Balaban J connectivity index is 0.00000205. The van der Waals surface area contributed by atoms with Crippen molar-refractivity contribution in [3.05, 3.63) is 113 Å². The minimum atomic E-state index is -0.321. The van der Waals surface area contributed by atoms with Gasteiger partial charge in [0, 0.05) is 49.0 Å². The van der Waals surface area contributed by atoms with Gasteiger partial charge in [0.2, 0.25) is 5.88 Å². The third-order valence-corrected chi connectivity index (χ3v) is 7.12. The predicted molar refractivity (Wildman–Crippen MR) is 167 cm³/mol. The number of rotatable bonds is 9. The van der Waals surface area contributed by atoms with Crippen LogP contribution in [-0.2, 0) is 12.8 Å². The Morgan fingerprint density at radius 2 is 1.31 bits per heavy atom. The summed E-state index contributed by atoms with van der Waals surface area (Å²) in [5.41, 5.74) is 3.21. The van der Waals surface area contributed by atoms with Crippen molar-refractivity contribution in [2.45, 2.75) is 25.3 Å². The fourth-order valence-corrected chi connectivity index (χ4v) is 5.21. The second-order valence-electron chi connectivity index (χ2n) is 10.0. The molecule has 5 nitrogen and oxygen atoms in total. The SMILES string of the molecule is Cc1cc(OCCN2CCNCC2(Cc2ccc(F)cc2)Cc2ccc(F)cc2)nc(-c2ccc(F)cc2)n1.Cl.Cl.Cl. The molecule has 2 heterocycles. The van der Waals surface area contributed by atoms with Gasteiger partial charge in [0.1, 0.15) is 24.1 Å². The van der Waals surface area contributed by atoms with Crippen LogP contribution in [0, 0.1) is 24.4 Å². The Hall–Kier alpha value is -2.88. The number of aromatic nitrogens is 2. The molecule has 4 aromatic rings. The van der Waals surface area contributed by atoms with E-state index in [4.69, 9.17) is 4.74 Å². The Bertz CT molecular complexity index is 1350. The van der Waals surface area contributed by atoms with Gasteiger partial charge in [-0.25, -0.2) is 18.2 Å². The zero-order valence-corrected chi connectivity index (χ0v) is 25.5. The van der Waals surface area contributed by atoms with Gasteiger partial charge < -0.3 is 10.1 Å². The van der Waals surface area contributed by atoms with Gasteiger partial charge in [0.15, 0.2) is 5.82 Å². The minimum Gasteiger partial charge on any atom is -0.476 e. The molecule has 226 valence electrons. The highest BCUT2D eigenvalue weighted by atomic mass is 35.5. The van der Waals surface area contributed by atoms with Crippen molar-refractivity contribution < 1.29 is 17.9 Å². The molecule has 11 heteroatoms. The van der Waals surface area contributed by atoms with Crippen LogP contribution in [0.25, 0.3) is 11.4 Å². The number of nitrogens with zero attached hydrogens (tertiary/aromatic N) is 3. The Morgan fingerprint density at radius 3 is 1.86 bits per heavy atom. The average Bonchev–Trinajstić information content (AvgIpc) is 2.93. The molecule has 0 radical (unpaired) electrons. The molecule has 0 atom stereocenters. The molecule has 1 saturated heterocycles. The van der Waals surface area contributed by atoms with Crippen molar-refractivity contribution in [1.29, 1.82) is 0 Å². The number of aryl methyl sites for hydroxylation is 1. The van der Waals surface area contributed by atoms with Gasteiger partial charge in [0.05, 0.1) is 0 Å².